The molecule has 2 aromatic rings. The largest absolute Gasteiger partial charge is 0.495 e. The average Bonchev–Trinajstić information content (AvgIpc) is 2.62. The summed E-state index contributed by atoms with van der Waals surface area (Å²) in [6.45, 7) is 1.53. The van der Waals surface area contributed by atoms with Gasteiger partial charge in [-0.25, -0.2) is 13.2 Å². The fourth-order valence-corrected chi connectivity index (χ4v) is 4.79. The van der Waals surface area contributed by atoms with Crippen LogP contribution in [-0.4, -0.2) is 34.9 Å². The first-order chi connectivity index (χ1) is 12.3. The molecular weight excluding hydrogens is 360 g/mol. The summed E-state index contributed by atoms with van der Waals surface area (Å²) in [6.07, 6.45) is 0.482. The van der Waals surface area contributed by atoms with Crippen LogP contribution in [0.5, 0.6) is 11.5 Å². The highest BCUT2D eigenvalue weighted by Crippen LogP contribution is 2.40. The molecule has 0 amide bonds. The molecule has 1 heterocycles. The van der Waals surface area contributed by atoms with Crippen LogP contribution >= 0.6 is 0 Å². The number of benzene rings is 2. The second-order valence-corrected chi connectivity index (χ2v) is 7.57. The zero-order valence-electron chi connectivity index (χ0n) is 14.4. The van der Waals surface area contributed by atoms with Crippen LogP contribution in [0.15, 0.2) is 34.1 Å². The molecule has 2 aromatic carbocycles. The molecule has 0 spiro atoms. The van der Waals surface area contributed by atoms with Crippen molar-refractivity contribution in [2.45, 2.75) is 23.3 Å². The number of carbonyl (C=O) groups excluding carboxylic acids is 2. The third kappa shape index (κ3) is 2.62. The minimum atomic E-state index is -4.13. The fraction of sp³-hybridized carbons (Fsp3) is 0.222. The number of rotatable bonds is 3. The van der Waals surface area contributed by atoms with E-state index in [2.05, 4.69) is 0 Å². The number of sulfone groups is 1. The Hall–Kier alpha value is -2.87. The van der Waals surface area contributed by atoms with Crippen molar-refractivity contribution in [1.82, 2.24) is 0 Å². The molecule has 0 aromatic heterocycles. The molecule has 1 aliphatic rings. The summed E-state index contributed by atoms with van der Waals surface area (Å²) in [5, 5.41) is 0. The van der Waals surface area contributed by atoms with Crippen LogP contribution in [0, 0.1) is 6.92 Å². The van der Waals surface area contributed by atoms with Gasteiger partial charge in [0.15, 0.2) is 6.29 Å². The zero-order valence-corrected chi connectivity index (χ0v) is 15.2. The van der Waals surface area contributed by atoms with Crippen molar-refractivity contribution >= 4 is 22.1 Å². The number of aryl methyl sites for hydroxylation is 1. The molecule has 0 saturated heterocycles. The van der Waals surface area contributed by atoms with Gasteiger partial charge in [0.25, 0.3) is 0 Å². The Labute approximate surface area is 150 Å². The summed E-state index contributed by atoms with van der Waals surface area (Å²) in [4.78, 5) is 23.4. The number of esters is 1. The van der Waals surface area contributed by atoms with E-state index in [1.54, 1.807) is 19.1 Å². The smallest absolute Gasteiger partial charge is 0.343 e. The molecule has 0 aliphatic carbocycles. The van der Waals surface area contributed by atoms with E-state index >= 15 is 0 Å². The summed E-state index contributed by atoms with van der Waals surface area (Å²) < 4.78 is 42.3. The number of ether oxygens (including phenoxy) is 3. The summed E-state index contributed by atoms with van der Waals surface area (Å²) in [5.74, 6) is -0.863. The van der Waals surface area contributed by atoms with E-state index in [0.29, 0.717) is 11.8 Å². The normalized spacial score (nSPS) is 15.0. The number of fused-ring (bicyclic) bond motifs is 2. The Morgan fingerprint density at radius 3 is 2.50 bits per heavy atom. The highest BCUT2D eigenvalue weighted by atomic mass is 32.2. The third-order valence-corrected chi connectivity index (χ3v) is 6.02. The standard InChI is InChI=1S/C18H16O7S/c1-10-6-12-9-25-18(20)15-14(5-4-11(8-19)16(15)24-3)26(21,22)17(12)13(7-10)23-2/h4-8H,9H2,1-3H3. The van der Waals surface area contributed by atoms with Gasteiger partial charge in [0.1, 0.15) is 28.6 Å². The minimum absolute atomic E-state index is 0.0510. The van der Waals surface area contributed by atoms with Crippen molar-refractivity contribution in [2.24, 2.45) is 0 Å². The summed E-state index contributed by atoms with van der Waals surface area (Å²) >= 11 is 0. The zero-order chi connectivity index (χ0) is 19.1. The van der Waals surface area contributed by atoms with E-state index in [0.717, 1.165) is 5.56 Å². The van der Waals surface area contributed by atoms with Crippen molar-refractivity contribution < 1.29 is 32.2 Å². The Kier molecular flexibility index (Phi) is 4.45. The lowest BCUT2D eigenvalue weighted by Gasteiger charge is -2.21. The summed E-state index contributed by atoms with van der Waals surface area (Å²) in [7, 11) is -1.52. The average molecular weight is 376 g/mol. The molecule has 0 bridgehead atoms. The van der Waals surface area contributed by atoms with Gasteiger partial charge in [-0.3, -0.25) is 4.79 Å². The van der Waals surface area contributed by atoms with Gasteiger partial charge in [-0.05, 0) is 30.7 Å². The van der Waals surface area contributed by atoms with E-state index in [1.807, 2.05) is 0 Å². The predicted molar refractivity (Wildman–Crippen MR) is 90.7 cm³/mol. The van der Waals surface area contributed by atoms with Crippen molar-refractivity contribution in [1.29, 1.82) is 0 Å². The highest BCUT2D eigenvalue weighted by molar-refractivity contribution is 7.91. The van der Waals surface area contributed by atoms with E-state index in [1.165, 1.54) is 26.4 Å². The molecule has 0 atom stereocenters. The van der Waals surface area contributed by atoms with Crippen LogP contribution in [0.1, 0.15) is 31.8 Å². The second kappa shape index (κ2) is 6.45. The van der Waals surface area contributed by atoms with E-state index in [-0.39, 0.29) is 39.0 Å². The molecule has 0 radical (unpaired) electrons. The lowest BCUT2D eigenvalue weighted by atomic mass is 10.1. The number of carbonyl (C=O) groups is 2. The molecular formula is C18H16O7S. The quantitative estimate of drug-likeness (QED) is 0.599. The van der Waals surface area contributed by atoms with Crippen molar-refractivity contribution in [3.05, 3.63) is 46.5 Å². The van der Waals surface area contributed by atoms with Gasteiger partial charge in [-0.2, -0.15) is 0 Å². The van der Waals surface area contributed by atoms with Gasteiger partial charge in [0.2, 0.25) is 9.84 Å². The first-order valence-electron chi connectivity index (χ1n) is 7.61. The Morgan fingerprint density at radius 2 is 1.88 bits per heavy atom. The first kappa shape index (κ1) is 17.9. The lowest BCUT2D eigenvalue weighted by molar-refractivity contribution is 0.0458. The Bertz CT molecular complexity index is 1020. The summed E-state index contributed by atoms with van der Waals surface area (Å²) in [6, 6.07) is 5.71. The van der Waals surface area contributed by atoms with Crippen LogP contribution < -0.4 is 9.47 Å². The number of cyclic esters (lactones) is 1. The van der Waals surface area contributed by atoms with Crippen LogP contribution in [-0.2, 0) is 21.2 Å². The van der Waals surface area contributed by atoms with E-state index in [4.69, 9.17) is 14.2 Å². The topological polar surface area (TPSA) is 96.0 Å². The van der Waals surface area contributed by atoms with Gasteiger partial charge in [-0.1, -0.05) is 6.07 Å². The predicted octanol–water partition coefficient (Wildman–Crippen LogP) is 2.33. The number of hydrogen-bond donors (Lipinski definition) is 0. The Morgan fingerprint density at radius 1 is 1.15 bits per heavy atom. The molecule has 26 heavy (non-hydrogen) atoms. The van der Waals surface area contributed by atoms with Crippen molar-refractivity contribution in [2.75, 3.05) is 14.2 Å². The second-order valence-electron chi connectivity index (χ2n) is 5.71. The maximum absolute atomic E-state index is 13.3. The SMILES string of the molecule is COc1cc(C)cc2c1S(=O)(=O)c1ccc(C=O)c(OC)c1C(=O)OC2. The van der Waals surface area contributed by atoms with Crippen LogP contribution in [0.2, 0.25) is 0 Å². The minimum Gasteiger partial charge on any atom is -0.495 e. The monoisotopic (exact) mass is 376 g/mol. The molecule has 1 aliphatic heterocycles. The van der Waals surface area contributed by atoms with E-state index < -0.39 is 15.8 Å². The van der Waals surface area contributed by atoms with Gasteiger partial charge in [0, 0.05) is 5.56 Å². The van der Waals surface area contributed by atoms with Gasteiger partial charge in [0.05, 0.1) is 24.7 Å². The van der Waals surface area contributed by atoms with Crippen LogP contribution in [0.25, 0.3) is 0 Å². The van der Waals surface area contributed by atoms with Gasteiger partial charge >= 0.3 is 5.97 Å². The Balaban J connectivity index is 2.44. The maximum atomic E-state index is 13.3. The van der Waals surface area contributed by atoms with Gasteiger partial charge < -0.3 is 14.2 Å². The number of hydrogen-bond acceptors (Lipinski definition) is 7. The van der Waals surface area contributed by atoms with Crippen LogP contribution in [0.3, 0.4) is 0 Å². The third-order valence-electron chi connectivity index (χ3n) is 4.10. The van der Waals surface area contributed by atoms with E-state index in [9.17, 15) is 18.0 Å². The number of aldehydes is 1. The summed E-state index contributed by atoms with van der Waals surface area (Å²) in [5.41, 5.74) is 0.834. The molecule has 0 saturated carbocycles. The van der Waals surface area contributed by atoms with Crippen molar-refractivity contribution in [3.63, 3.8) is 0 Å². The molecule has 136 valence electrons. The molecule has 0 N–H and O–H groups in total. The van der Waals surface area contributed by atoms with Crippen molar-refractivity contribution in [3.8, 4) is 11.5 Å². The fourth-order valence-electron chi connectivity index (χ4n) is 3.01. The maximum Gasteiger partial charge on any atom is 0.343 e. The molecule has 0 fully saturated rings. The molecule has 8 heteroatoms. The molecule has 7 nitrogen and oxygen atoms in total. The molecule has 3 rings (SSSR count). The van der Waals surface area contributed by atoms with Crippen LogP contribution in [0.4, 0.5) is 0 Å². The highest BCUT2D eigenvalue weighted by Gasteiger charge is 2.36. The molecule has 0 unspecified atom stereocenters. The lowest BCUT2D eigenvalue weighted by Crippen LogP contribution is -2.20. The first-order valence-corrected chi connectivity index (χ1v) is 9.09. The van der Waals surface area contributed by atoms with Gasteiger partial charge in [-0.15, -0.1) is 0 Å². The number of methoxy groups -OCH3 is 2.